The molecule has 0 spiro atoms. The summed E-state index contributed by atoms with van der Waals surface area (Å²) < 4.78 is 1.44. The van der Waals surface area contributed by atoms with Gasteiger partial charge in [0.05, 0.1) is 16.4 Å². The zero-order valence-electron chi connectivity index (χ0n) is 11.7. The summed E-state index contributed by atoms with van der Waals surface area (Å²) in [6, 6.07) is 4.74. The summed E-state index contributed by atoms with van der Waals surface area (Å²) in [7, 11) is 0. The number of benzene rings is 1. The molecule has 8 heteroatoms. The van der Waals surface area contributed by atoms with Crippen molar-refractivity contribution >= 4 is 41.2 Å². The molecule has 0 aliphatic carbocycles. The number of nitrogens with zero attached hydrogens (tertiary/aromatic N) is 3. The molecule has 0 amide bonds. The molecule has 116 valence electrons. The van der Waals surface area contributed by atoms with Crippen molar-refractivity contribution in [2.45, 2.75) is 6.92 Å². The number of carbonyl (C=O) groups excluding carboxylic acids is 1. The number of hydrogen-bond donors (Lipinski definition) is 1. The van der Waals surface area contributed by atoms with Gasteiger partial charge in [0, 0.05) is 16.8 Å². The number of carboxylic acids is 1. The van der Waals surface area contributed by atoms with Gasteiger partial charge in [-0.05, 0) is 25.1 Å². The third-order valence-electron chi connectivity index (χ3n) is 3.33. The van der Waals surface area contributed by atoms with Crippen LogP contribution in [-0.2, 0) is 0 Å². The van der Waals surface area contributed by atoms with Crippen LogP contribution in [0.1, 0.15) is 26.5 Å². The monoisotopic (exact) mass is 349 g/mol. The fourth-order valence-electron chi connectivity index (χ4n) is 2.39. The van der Waals surface area contributed by atoms with E-state index in [2.05, 4.69) is 9.97 Å². The minimum Gasteiger partial charge on any atom is -0.478 e. The first-order valence-corrected chi connectivity index (χ1v) is 7.21. The van der Waals surface area contributed by atoms with Crippen LogP contribution in [0.4, 0.5) is 0 Å². The molecule has 0 atom stereocenters. The van der Waals surface area contributed by atoms with Crippen LogP contribution in [0.2, 0.25) is 10.0 Å². The molecule has 3 rings (SSSR count). The number of aromatic nitrogens is 3. The lowest BCUT2D eigenvalue weighted by Crippen LogP contribution is -2.10. The van der Waals surface area contributed by atoms with Gasteiger partial charge in [0.15, 0.2) is 6.29 Å². The molecule has 23 heavy (non-hydrogen) atoms. The number of imidazole rings is 1. The van der Waals surface area contributed by atoms with Gasteiger partial charge < -0.3 is 5.11 Å². The summed E-state index contributed by atoms with van der Waals surface area (Å²) in [6.07, 6.45) is 1.99. The Labute approximate surface area is 140 Å². The Bertz CT molecular complexity index is 966. The lowest BCUT2D eigenvalue weighted by molar-refractivity contribution is 0.0696. The van der Waals surface area contributed by atoms with Gasteiger partial charge in [-0.1, -0.05) is 23.2 Å². The standard InChI is InChI=1S/C15H9Cl2N3O3/c1-7-12(14(22)23)13(10-3-2-8(16)4-11(10)17)20-5-9(6-21)19-15(20)18-7/h2-6H,1H3,(H,22,23). The first-order chi connectivity index (χ1) is 10.9. The highest BCUT2D eigenvalue weighted by atomic mass is 35.5. The maximum Gasteiger partial charge on any atom is 0.339 e. The Morgan fingerprint density at radius 2 is 2.04 bits per heavy atom. The number of hydrogen-bond acceptors (Lipinski definition) is 4. The lowest BCUT2D eigenvalue weighted by atomic mass is 10.0. The number of fused-ring (bicyclic) bond motifs is 1. The van der Waals surface area contributed by atoms with Crippen LogP contribution in [0, 0.1) is 6.92 Å². The second-order valence-electron chi connectivity index (χ2n) is 4.80. The molecule has 0 bridgehead atoms. The third kappa shape index (κ3) is 2.56. The molecule has 0 aliphatic rings. The summed E-state index contributed by atoms with van der Waals surface area (Å²) in [5, 5.41) is 10.3. The number of rotatable bonds is 3. The molecule has 2 heterocycles. The van der Waals surface area contributed by atoms with Crippen molar-refractivity contribution in [2.75, 3.05) is 0 Å². The number of aryl methyl sites for hydroxylation is 1. The molecular weight excluding hydrogens is 341 g/mol. The van der Waals surface area contributed by atoms with E-state index in [1.165, 1.54) is 16.7 Å². The Hall–Kier alpha value is -2.44. The molecule has 2 aromatic heterocycles. The summed E-state index contributed by atoms with van der Waals surface area (Å²) in [5.41, 5.74) is 1.15. The van der Waals surface area contributed by atoms with Crippen LogP contribution >= 0.6 is 23.2 Å². The fourth-order valence-corrected chi connectivity index (χ4v) is 2.89. The van der Waals surface area contributed by atoms with Crippen molar-refractivity contribution in [2.24, 2.45) is 0 Å². The first kappa shape index (κ1) is 15.5. The van der Waals surface area contributed by atoms with Gasteiger partial charge in [0.2, 0.25) is 5.78 Å². The Morgan fingerprint density at radius 1 is 1.30 bits per heavy atom. The minimum atomic E-state index is -1.15. The SMILES string of the molecule is Cc1nc2nc(C=O)cn2c(-c2ccc(Cl)cc2Cl)c1C(=O)O. The predicted molar refractivity (Wildman–Crippen MR) is 85.5 cm³/mol. The number of carbonyl (C=O) groups is 2. The Morgan fingerprint density at radius 3 is 2.65 bits per heavy atom. The topological polar surface area (TPSA) is 84.6 Å². The van der Waals surface area contributed by atoms with Gasteiger partial charge in [-0.3, -0.25) is 9.20 Å². The average Bonchev–Trinajstić information content (AvgIpc) is 2.88. The highest BCUT2D eigenvalue weighted by Gasteiger charge is 2.23. The zero-order chi connectivity index (χ0) is 16.7. The second-order valence-corrected chi connectivity index (χ2v) is 5.65. The van der Waals surface area contributed by atoms with E-state index < -0.39 is 5.97 Å². The van der Waals surface area contributed by atoms with Crippen LogP contribution in [0.15, 0.2) is 24.4 Å². The molecule has 0 saturated heterocycles. The summed E-state index contributed by atoms with van der Waals surface area (Å²) in [6.45, 7) is 1.56. The predicted octanol–water partition coefficient (Wildman–Crippen LogP) is 3.52. The van der Waals surface area contributed by atoms with E-state index in [1.807, 2.05) is 0 Å². The Kier molecular flexibility index (Phi) is 3.79. The van der Waals surface area contributed by atoms with Gasteiger partial charge in [-0.2, -0.15) is 0 Å². The zero-order valence-corrected chi connectivity index (χ0v) is 13.3. The maximum absolute atomic E-state index is 11.7. The molecule has 0 fully saturated rings. The first-order valence-electron chi connectivity index (χ1n) is 6.46. The summed E-state index contributed by atoms with van der Waals surface area (Å²) in [5.74, 6) is -0.935. The maximum atomic E-state index is 11.7. The average molecular weight is 350 g/mol. The van der Waals surface area contributed by atoms with Crippen molar-refractivity contribution in [3.8, 4) is 11.3 Å². The summed E-state index contributed by atoms with van der Waals surface area (Å²) >= 11 is 12.1. The normalized spacial score (nSPS) is 10.9. The van der Waals surface area contributed by atoms with Crippen molar-refractivity contribution in [1.29, 1.82) is 0 Å². The Balaban J connectivity index is 2.48. The molecule has 0 aliphatic heterocycles. The van der Waals surface area contributed by atoms with Crippen LogP contribution in [0.25, 0.3) is 17.0 Å². The van der Waals surface area contributed by atoms with Gasteiger partial charge in [0.1, 0.15) is 11.3 Å². The van der Waals surface area contributed by atoms with Crippen LogP contribution < -0.4 is 0 Å². The number of halogens is 2. The smallest absolute Gasteiger partial charge is 0.339 e. The molecule has 3 aromatic rings. The van der Waals surface area contributed by atoms with E-state index in [0.29, 0.717) is 22.6 Å². The van der Waals surface area contributed by atoms with Crippen molar-refractivity contribution in [1.82, 2.24) is 14.4 Å². The minimum absolute atomic E-state index is 0.0171. The lowest BCUT2D eigenvalue weighted by Gasteiger charge is -2.13. The van der Waals surface area contributed by atoms with Crippen LogP contribution in [0.3, 0.4) is 0 Å². The molecule has 6 nitrogen and oxygen atoms in total. The van der Waals surface area contributed by atoms with E-state index in [4.69, 9.17) is 23.2 Å². The van der Waals surface area contributed by atoms with E-state index >= 15 is 0 Å². The third-order valence-corrected chi connectivity index (χ3v) is 3.88. The molecular formula is C15H9Cl2N3O3. The highest BCUT2D eigenvalue weighted by Crippen LogP contribution is 2.34. The van der Waals surface area contributed by atoms with Crippen molar-refractivity contribution in [3.05, 3.63) is 51.4 Å². The molecule has 0 saturated carbocycles. The van der Waals surface area contributed by atoms with Crippen molar-refractivity contribution in [3.63, 3.8) is 0 Å². The summed E-state index contributed by atoms with van der Waals surface area (Å²) in [4.78, 5) is 30.9. The van der Waals surface area contributed by atoms with E-state index in [9.17, 15) is 14.7 Å². The van der Waals surface area contributed by atoms with Crippen LogP contribution in [-0.4, -0.2) is 31.7 Å². The molecule has 0 unspecified atom stereocenters. The highest BCUT2D eigenvalue weighted by molar-refractivity contribution is 6.36. The largest absolute Gasteiger partial charge is 0.478 e. The van der Waals surface area contributed by atoms with E-state index in [1.54, 1.807) is 19.1 Å². The number of carboxylic acid groups (broad SMARTS) is 1. The fraction of sp³-hybridized carbons (Fsp3) is 0.0667. The number of aromatic carboxylic acids is 1. The molecule has 0 radical (unpaired) electrons. The van der Waals surface area contributed by atoms with E-state index in [-0.39, 0.29) is 27.8 Å². The van der Waals surface area contributed by atoms with Gasteiger partial charge in [0.25, 0.3) is 0 Å². The number of aldehydes is 1. The van der Waals surface area contributed by atoms with Gasteiger partial charge in [-0.15, -0.1) is 0 Å². The van der Waals surface area contributed by atoms with Crippen LogP contribution in [0.5, 0.6) is 0 Å². The second kappa shape index (κ2) is 5.64. The van der Waals surface area contributed by atoms with E-state index in [0.717, 1.165) is 0 Å². The molecule has 1 N–H and O–H groups in total. The van der Waals surface area contributed by atoms with Gasteiger partial charge >= 0.3 is 5.97 Å². The van der Waals surface area contributed by atoms with Crippen molar-refractivity contribution < 1.29 is 14.7 Å². The molecule has 1 aromatic carbocycles. The van der Waals surface area contributed by atoms with Gasteiger partial charge in [-0.25, -0.2) is 14.8 Å². The quantitative estimate of drug-likeness (QED) is 0.731.